The van der Waals surface area contributed by atoms with Gasteiger partial charge in [-0.2, -0.15) is 10.1 Å². The van der Waals surface area contributed by atoms with E-state index in [1.807, 2.05) is 26.1 Å². The van der Waals surface area contributed by atoms with Crippen molar-refractivity contribution in [3.05, 3.63) is 63.8 Å². The first-order chi connectivity index (χ1) is 14.5. The second-order valence-electron chi connectivity index (χ2n) is 7.29. The molecule has 0 saturated carbocycles. The summed E-state index contributed by atoms with van der Waals surface area (Å²) >= 11 is 0. The monoisotopic (exact) mass is 406 g/mol. The van der Waals surface area contributed by atoms with Crippen LogP contribution in [0.25, 0.3) is 16.7 Å². The molecule has 156 valence electrons. The van der Waals surface area contributed by atoms with E-state index in [2.05, 4.69) is 33.8 Å². The van der Waals surface area contributed by atoms with Crippen LogP contribution in [0.5, 0.6) is 5.88 Å². The maximum absolute atomic E-state index is 12.3. The topological polar surface area (TPSA) is 77.6 Å². The molecule has 0 atom stereocenters. The van der Waals surface area contributed by atoms with Crippen LogP contribution in [0.1, 0.15) is 30.8 Å². The van der Waals surface area contributed by atoms with Crippen LogP contribution in [-0.4, -0.2) is 42.1 Å². The van der Waals surface area contributed by atoms with E-state index in [1.165, 1.54) is 10.5 Å². The van der Waals surface area contributed by atoms with Crippen LogP contribution in [-0.2, 0) is 20.2 Å². The van der Waals surface area contributed by atoms with Gasteiger partial charge in [-0.25, -0.2) is 4.98 Å². The van der Waals surface area contributed by atoms with E-state index in [0.29, 0.717) is 17.2 Å². The van der Waals surface area contributed by atoms with Gasteiger partial charge >= 0.3 is 0 Å². The molecular formula is C22H26N6O2. The van der Waals surface area contributed by atoms with E-state index in [-0.39, 0.29) is 12.2 Å². The first-order valence-corrected chi connectivity index (χ1v) is 10.2. The highest BCUT2D eigenvalue weighted by Gasteiger charge is 2.16. The van der Waals surface area contributed by atoms with E-state index in [4.69, 9.17) is 4.74 Å². The summed E-state index contributed by atoms with van der Waals surface area (Å²) in [5.74, 6) is 0.503. The van der Waals surface area contributed by atoms with Crippen molar-refractivity contribution in [3.63, 3.8) is 0 Å². The molecule has 0 amide bonds. The quantitative estimate of drug-likeness (QED) is 0.470. The van der Waals surface area contributed by atoms with Gasteiger partial charge < -0.3 is 4.74 Å². The zero-order valence-electron chi connectivity index (χ0n) is 17.8. The molecule has 4 heterocycles. The minimum atomic E-state index is -0.132. The van der Waals surface area contributed by atoms with Gasteiger partial charge in [0.2, 0.25) is 5.88 Å². The third-order valence-electron chi connectivity index (χ3n) is 5.31. The Morgan fingerprint density at radius 2 is 1.93 bits per heavy atom. The molecule has 0 spiro atoms. The predicted molar refractivity (Wildman–Crippen MR) is 116 cm³/mol. The average Bonchev–Trinajstić information content (AvgIpc) is 3.04. The number of aryl methyl sites for hydroxylation is 2. The van der Waals surface area contributed by atoms with Crippen molar-refractivity contribution in [1.82, 2.24) is 29.0 Å². The fraction of sp³-hybridized carbons (Fsp3) is 0.364. The fourth-order valence-electron chi connectivity index (χ4n) is 3.72. The third kappa shape index (κ3) is 3.78. The lowest BCUT2D eigenvalue weighted by Crippen LogP contribution is -2.22. The molecule has 4 aromatic rings. The van der Waals surface area contributed by atoms with Crippen LogP contribution in [0.2, 0.25) is 0 Å². The summed E-state index contributed by atoms with van der Waals surface area (Å²) in [4.78, 5) is 23.8. The average molecular weight is 406 g/mol. The van der Waals surface area contributed by atoms with Crippen molar-refractivity contribution in [2.24, 2.45) is 7.05 Å². The number of hydrogen-bond acceptors (Lipinski definition) is 6. The Labute approximate surface area is 174 Å². The van der Waals surface area contributed by atoms with E-state index in [0.717, 1.165) is 41.9 Å². The van der Waals surface area contributed by atoms with Crippen LogP contribution in [0.4, 0.5) is 0 Å². The Bertz CT molecular complexity index is 1260. The number of pyridine rings is 2. The molecule has 0 saturated heterocycles. The van der Waals surface area contributed by atoms with Gasteiger partial charge in [-0.15, -0.1) is 0 Å². The standard InChI is InChI=1S/C22H26N6O2/c1-5-27(6-2)13-16-11-19(24-22-21(16)15(3)25-26(22)4)30-14-17-12-20(29)28-10-8-7-9-18(28)23-17/h7-12H,5-6,13-14H2,1-4H3. The number of aromatic nitrogens is 5. The van der Waals surface area contributed by atoms with Gasteiger partial charge in [0, 0.05) is 37.3 Å². The summed E-state index contributed by atoms with van der Waals surface area (Å²) in [5, 5.41) is 5.61. The van der Waals surface area contributed by atoms with Gasteiger partial charge in [-0.3, -0.25) is 18.8 Å². The van der Waals surface area contributed by atoms with Crippen LogP contribution in [0, 0.1) is 6.92 Å². The lowest BCUT2D eigenvalue weighted by atomic mass is 10.1. The number of fused-ring (bicyclic) bond motifs is 2. The van der Waals surface area contributed by atoms with Crippen molar-refractivity contribution in [1.29, 1.82) is 0 Å². The first-order valence-electron chi connectivity index (χ1n) is 10.2. The lowest BCUT2D eigenvalue weighted by Gasteiger charge is -2.19. The lowest BCUT2D eigenvalue weighted by molar-refractivity contribution is 0.284. The first kappa shape index (κ1) is 20.0. The van der Waals surface area contributed by atoms with Crippen molar-refractivity contribution in [2.75, 3.05) is 13.1 Å². The van der Waals surface area contributed by atoms with Gasteiger partial charge in [-0.05, 0) is 37.7 Å². The van der Waals surface area contributed by atoms with Crippen molar-refractivity contribution in [2.45, 2.75) is 33.9 Å². The Morgan fingerprint density at radius 3 is 2.70 bits per heavy atom. The molecule has 0 aliphatic carbocycles. The summed E-state index contributed by atoms with van der Waals surface area (Å²) in [5.41, 5.74) is 3.91. The number of rotatable bonds is 7. The number of hydrogen-bond donors (Lipinski definition) is 0. The Balaban J connectivity index is 1.67. The summed E-state index contributed by atoms with van der Waals surface area (Å²) in [7, 11) is 1.89. The molecule has 0 aromatic carbocycles. The molecule has 0 radical (unpaired) electrons. The zero-order valence-corrected chi connectivity index (χ0v) is 17.8. The van der Waals surface area contributed by atoms with Crippen LogP contribution in [0.15, 0.2) is 41.3 Å². The normalized spacial score (nSPS) is 11.6. The summed E-state index contributed by atoms with van der Waals surface area (Å²) in [6, 6.07) is 8.93. The van der Waals surface area contributed by atoms with Gasteiger partial charge in [-0.1, -0.05) is 19.9 Å². The van der Waals surface area contributed by atoms with Crippen LogP contribution < -0.4 is 10.3 Å². The molecule has 8 heteroatoms. The molecule has 4 aromatic heterocycles. The van der Waals surface area contributed by atoms with Crippen LogP contribution >= 0.6 is 0 Å². The smallest absolute Gasteiger partial charge is 0.258 e. The van der Waals surface area contributed by atoms with E-state index in [9.17, 15) is 4.79 Å². The second kappa shape index (κ2) is 8.23. The summed E-state index contributed by atoms with van der Waals surface area (Å²) in [6.45, 7) is 9.19. The third-order valence-corrected chi connectivity index (χ3v) is 5.31. The number of ether oxygens (including phenoxy) is 1. The Kier molecular flexibility index (Phi) is 5.50. The molecule has 0 unspecified atom stereocenters. The highest BCUT2D eigenvalue weighted by Crippen LogP contribution is 2.26. The molecular weight excluding hydrogens is 380 g/mol. The van der Waals surface area contributed by atoms with Crippen molar-refractivity contribution >= 4 is 16.7 Å². The molecule has 30 heavy (non-hydrogen) atoms. The largest absolute Gasteiger partial charge is 0.471 e. The fourth-order valence-corrected chi connectivity index (χ4v) is 3.72. The molecule has 4 rings (SSSR count). The van der Waals surface area contributed by atoms with Gasteiger partial charge in [0.15, 0.2) is 5.65 Å². The minimum Gasteiger partial charge on any atom is -0.471 e. The van der Waals surface area contributed by atoms with E-state index < -0.39 is 0 Å². The maximum atomic E-state index is 12.3. The van der Waals surface area contributed by atoms with Crippen LogP contribution in [0.3, 0.4) is 0 Å². The zero-order chi connectivity index (χ0) is 21.3. The van der Waals surface area contributed by atoms with Gasteiger partial charge in [0.05, 0.1) is 11.4 Å². The second-order valence-corrected chi connectivity index (χ2v) is 7.29. The maximum Gasteiger partial charge on any atom is 0.258 e. The molecule has 0 aliphatic rings. The highest BCUT2D eigenvalue weighted by molar-refractivity contribution is 5.82. The highest BCUT2D eigenvalue weighted by atomic mass is 16.5. The SMILES string of the molecule is CCN(CC)Cc1cc(OCc2cc(=O)n3ccccc3n2)nc2c1c(C)nn2C. The van der Waals surface area contributed by atoms with E-state index in [1.54, 1.807) is 23.0 Å². The Morgan fingerprint density at radius 1 is 1.13 bits per heavy atom. The molecule has 0 bridgehead atoms. The molecule has 0 N–H and O–H groups in total. The summed E-state index contributed by atoms with van der Waals surface area (Å²) < 4.78 is 9.27. The van der Waals surface area contributed by atoms with Crippen molar-refractivity contribution < 1.29 is 4.74 Å². The minimum absolute atomic E-state index is 0.132. The predicted octanol–water partition coefficient (Wildman–Crippen LogP) is 2.71. The Hall–Kier alpha value is -3.26. The van der Waals surface area contributed by atoms with Gasteiger partial charge in [0.25, 0.3) is 5.56 Å². The van der Waals surface area contributed by atoms with Crippen molar-refractivity contribution in [3.8, 4) is 5.88 Å². The van der Waals surface area contributed by atoms with Gasteiger partial charge in [0.1, 0.15) is 12.3 Å². The summed E-state index contributed by atoms with van der Waals surface area (Å²) in [6.07, 6.45) is 1.70. The molecule has 0 fully saturated rings. The molecule has 0 aliphatic heterocycles. The van der Waals surface area contributed by atoms with E-state index >= 15 is 0 Å². The molecule has 8 nitrogen and oxygen atoms in total. The number of nitrogens with zero attached hydrogens (tertiary/aromatic N) is 6.